The number of anilines is 2. The fraction of sp³-hybridized carbons (Fsp3) is 0.300. The van der Waals surface area contributed by atoms with Gasteiger partial charge in [-0.05, 0) is 54.2 Å². The molecule has 1 aliphatic carbocycles. The maximum atomic E-state index is 13.7. The average Bonchev–Trinajstić information content (AvgIpc) is 3.39. The zero-order valence-electron chi connectivity index (χ0n) is 23.2. The zero-order chi connectivity index (χ0) is 29.3. The number of thioether (sulfide) groups is 1. The second-order valence-electron chi connectivity index (χ2n) is 10.8. The van der Waals surface area contributed by atoms with Crippen LogP contribution in [0.4, 0.5) is 10.8 Å². The summed E-state index contributed by atoms with van der Waals surface area (Å²) in [7, 11) is 1.59. The monoisotopic (exact) mass is 586 g/mol. The van der Waals surface area contributed by atoms with Crippen molar-refractivity contribution in [1.82, 2.24) is 10.2 Å². The van der Waals surface area contributed by atoms with E-state index in [9.17, 15) is 14.9 Å². The van der Waals surface area contributed by atoms with Crippen LogP contribution in [0.15, 0.2) is 75.5 Å². The Balaban J connectivity index is 1.46. The minimum absolute atomic E-state index is 0.0192. The average molecular weight is 587 g/mol. The molecule has 11 heteroatoms. The largest absolute Gasteiger partial charge is 0.497 e. The summed E-state index contributed by atoms with van der Waals surface area (Å²) in [5, 5.41) is 22.3. The number of carbonyl (C=O) groups excluding carboxylic acids is 2. The number of nitriles is 1. The van der Waals surface area contributed by atoms with Gasteiger partial charge in [0.05, 0.1) is 30.4 Å². The van der Waals surface area contributed by atoms with Crippen molar-refractivity contribution in [3.63, 3.8) is 0 Å². The molecular formula is C30H30N6O3S2. The first kappa shape index (κ1) is 28.4. The molecule has 2 aliphatic rings. The molecule has 210 valence electrons. The molecule has 0 radical (unpaired) electrons. The summed E-state index contributed by atoms with van der Waals surface area (Å²) in [4.78, 5) is 27.9. The van der Waals surface area contributed by atoms with Gasteiger partial charge in [0.1, 0.15) is 11.6 Å². The second-order valence-corrected chi connectivity index (χ2v) is 13.0. The van der Waals surface area contributed by atoms with E-state index in [1.54, 1.807) is 12.0 Å². The first-order chi connectivity index (χ1) is 19.6. The standard InChI is InChI=1S/C30H30N6O3S2/c1-17-6-5-7-19(12-17)33-24(38)16-40-29-35-34-28(41-29)36-22-13-30(2,3)14-23(37)26(22)25(21(15-31)27(36)32)18-8-10-20(39-4)11-9-18/h5-12,25H,13-14,16,32H2,1-4H3,(H,33,38). The van der Waals surface area contributed by atoms with Crippen molar-refractivity contribution >= 4 is 45.6 Å². The fourth-order valence-corrected chi connectivity index (χ4v) is 6.94. The molecule has 0 spiro atoms. The molecule has 0 fully saturated rings. The Bertz CT molecular complexity index is 1620. The third kappa shape index (κ3) is 5.85. The molecule has 1 unspecified atom stereocenters. The summed E-state index contributed by atoms with van der Waals surface area (Å²) in [6.07, 6.45) is 0.930. The van der Waals surface area contributed by atoms with Gasteiger partial charge in [-0.3, -0.25) is 14.5 Å². The molecule has 3 aromatic rings. The highest BCUT2D eigenvalue weighted by Crippen LogP contribution is 2.50. The highest BCUT2D eigenvalue weighted by atomic mass is 32.2. The number of benzene rings is 2. The van der Waals surface area contributed by atoms with Gasteiger partial charge in [0.15, 0.2) is 10.1 Å². The van der Waals surface area contributed by atoms with E-state index in [-0.39, 0.29) is 34.3 Å². The van der Waals surface area contributed by atoms with Gasteiger partial charge in [-0.15, -0.1) is 10.2 Å². The Hall–Kier alpha value is -4.14. The molecule has 0 saturated heterocycles. The number of aryl methyl sites for hydroxylation is 1. The molecule has 1 aromatic heterocycles. The predicted octanol–water partition coefficient (Wildman–Crippen LogP) is 5.53. The lowest BCUT2D eigenvalue weighted by atomic mass is 9.68. The Morgan fingerprint density at radius 2 is 2.00 bits per heavy atom. The molecule has 3 N–H and O–H groups in total. The first-order valence-electron chi connectivity index (χ1n) is 13.0. The molecule has 9 nitrogen and oxygen atoms in total. The first-order valence-corrected chi connectivity index (χ1v) is 14.8. The van der Waals surface area contributed by atoms with Crippen LogP contribution in [0, 0.1) is 23.7 Å². The minimum atomic E-state index is -0.590. The van der Waals surface area contributed by atoms with Gasteiger partial charge in [-0.1, -0.05) is 61.2 Å². The number of Topliss-reactive ketones (excluding diaryl/α,β-unsaturated/α-hetero) is 1. The minimum Gasteiger partial charge on any atom is -0.497 e. The van der Waals surface area contributed by atoms with Gasteiger partial charge >= 0.3 is 0 Å². The number of amides is 1. The quantitative estimate of drug-likeness (QED) is 0.343. The van der Waals surface area contributed by atoms with Crippen molar-refractivity contribution in [1.29, 1.82) is 5.26 Å². The lowest BCUT2D eigenvalue weighted by molar-refractivity contribution is -0.118. The van der Waals surface area contributed by atoms with Crippen molar-refractivity contribution in [2.24, 2.45) is 11.1 Å². The van der Waals surface area contributed by atoms with E-state index in [1.807, 2.05) is 69.3 Å². The fourth-order valence-electron chi connectivity index (χ4n) is 5.26. The number of nitrogens with one attached hydrogen (secondary N) is 1. The Kier molecular flexibility index (Phi) is 7.89. The van der Waals surface area contributed by atoms with E-state index in [1.165, 1.54) is 23.1 Å². The highest BCUT2D eigenvalue weighted by molar-refractivity contribution is 8.01. The van der Waals surface area contributed by atoms with Crippen LogP contribution < -0.4 is 20.7 Å². The maximum Gasteiger partial charge on any atom is 0.234 e. The Morgan fingerprint density at radius 3 is 2.68 bits per heavy atom. The van der Waals surface area contributed by atoms with Gasteiger partial charge in [0.25, 0.3) is 0 Å². The molecule has 1 aliphatic heterocycles. The number of ketones is 1. The lowest BCUT2D eigenvalue weighted by Crippen LogP contribution is -2.42. The number of allylic oxidation sites excluding steroid dienone is 3. The molecule has 2 aromatic carbocycles. The van der Waals surface area contributed by atoms with Crippen molar-refractivity contribution in [3.8, 4) is 11.8 Å². The van der Waals surface area contributed by atoms with Crippen LogP contribution in [0.5, 0.6) is 5.75 Å². The molecule has 0 bridgehead atoms. The lowest BCUT2D eigenvalue weighted by Gasteiger charge is -2.42. The highest BCUT2D eigenvalue weighted by Gasteiger charge is 2.45. The smallest absolute Gasteiger partial charge is 0.234 e. The summed E-state index contributed by atoms with van der Waals surface area (Å²) in [6.45, 7) is 6.05. The number of rotatable bonds is 7. The molecule has 2 heterocycles. The number of hydrogen-bond donors (Lipinski definition) is 2. The summed E-state index contributed by atoms with van der Waals surface area (Å²) >= 11 is 2.53. The molecule has 1 amide bonds. The van der Waals surface area contributed by atoms with E-state index in [4.69, 9.17) is 10.5 Å². The number of hydrogen-bond acceptors (Lipinski definition) is 10. The Labute approximate surface area is 247 Å². The summed E-state index contributed by atoms with van der Waals surface area (Å²) in [5.74, 6) is 0.285. The zero-order valence-corrected chi connectivity index (χ0v) is 24.9. The van der Waals surface area contributed by atoms with E-state index in [0.29, 0.717) is 33.6 Å². The van der Waals surface area contributed by atoms with Crippen LogP contribution in [0.2, 0.25) is 0 Å². The van der Waals surface area contributed by atoms with Gasteiger partial charge in [0.2, 0.25) is 11.0 Å². The van der Waals surface area contributed by atoms with Crippen LogP contribution in [0.3, 0.4) is 0 Å². The number of methoxy groups -OCH3 is 1. The van der Waals surface area contributed by atoms with Crippen molar-refractivity contribution < 1.29 is 14.3 Å². The second kappa shape index (κ2) is 11.4. The molecule has 0 saturated carbocycles. The van der Waals surface area contributed by atoms with E-state index >= 15 is 0 Å². The van der Waals surface area contributed by atoms with Crippen LogP contribution in [0.25, 0.3) is 0 Å². The van der Waals surface area contributed by atoms with Crippen LogP contribution in [-0.4, -0.2) is 34.8 Å². The van der Waals surface area contributed by atoms with Gasteiger partial charge in [-0.25, -0.2) is 0 Å². The van der Waals surface area contributed by atoms with Crippen LogP contribution >= 0.6 is 23.1 Å². The van der Waals surface area contributed by atoms with E-state index in [2.05, 4.69) is 21.6 Å². The Morgan fingerprint density at radius 1 is 1.24 bits per heavy atom. The molecular weight excluding hydrogens is 557 g/mol. The van der Waals surface area contributed by atoms with Crippen molar-refractivity contribution in [2.75, 3.05) is 23.1 Å². The number of nitrogens with zero attached hydrogens (tertiary/aromatic N) is 4. The topological polar surface area (TPSA) is 134 Å². The molecule has 1 atom stereocenters. The van der Waals surface area contributed by atoms with Crippen molar-refractivity contribution in [3.05, 3.63) is 82.3 Å². The SMILES string of the molecule is COc1ccc(C2C(C#N)=C(N)N(c3nnc(SCC(=O)Nc4cccc(C)c4)s3)C3=C2C(=O)CC(C)(C)C3)cc1. The van der Waals surface area contributed by atoms with E-state index < -0.39 is 5.92 Å². The van der Waals surface area contributed by atoms with E-state index in [0.717, 1.165) is 22.5 Å². The summed E-state index contributed by atoms with van der Waals surface area (Å²) in [6, 6.07) is 17.2. The van der Waals surface area contributed by atoms with Gasteiger partial charge in [-0.2, -0.15) is 5.26 Å². The van der Waals surface area contributed by atoms with Crippen LogP contribution in [-0.2, 0) is 9.59 Å². The number of ether oxygens (including phenoxy) is 1. The molecule has 5 rings (SSSR count). The van der Waals surface area contributed by atoms with Crippen LogP contribution in [0.1, 0.15) is 43.7 Å². The van der Waals surface area contributed by atoms with Crippen molar-refractivity contribution in [2.45, 2.75) is 43.9 Å². The summed E-state index contributed by atoms with van der Waals surface area (Å²) < 4.78 is 5.88. The third-order valence-electron chi connectivity index (χ3n) is 7.05. The number of carbonyl (C=O) groups is 2. The molecule has 41 heavy (non-hydrogen) atoms. The predicted molar refractivity (Wildman–Crippen MR) is 161 cm³/mol. The third-order valence-corrected chi connectivity index (χ3v) is 9.09. The number of nitrogens with two attached hydrogens (primary N) is 1. The van der Waals surface area contributed by atoms with Gasteiger partial charge in [0, 0.05) is 23.4 Å². The number of aromatic nitrogens is 2. The maximum absolute atomic E-state index is 13.7. The van der Waals surface area contributed by atoms with Gasteiger partial charge < -0.3 is 15.8 Å². The normalized spacial score (nSPS) is 18.2. The summed E-state index contributed by atoms with van der Waals surface area (Å²) in [5.41, 5.74) is 10.5.